The molecule has 0 amide bonds. The Morgan fingerprint density at radius 1 is 1.10 bits per heavy atom. The summed E-state index contributed by atoms with van der Waals surface area (Å²) in [5.41, 5.74) is 2.03. The lowest BCUT2D eigenvalue weighted by Gasteiger charge is -2.05. The molecule has 1 N–H and O–H groups in total. The Labute approximate surface area is 120 Å². The number of carboxylic acid groups (broad SMARTS) is 1. The van der Waals surface area contributed by atoms with Gasteiger partial charge in [0, 0.05) is 11.8 Å². The van der Waals surface area contributed by atoms with Crippen molar-refractivity contribution in [3.05, 3.63) is 72.3 Å². The van der Waals surface area contributed by atoms with Gasteiger partial charge in [-0.2, -0.15) is 5.10 Å². The molecule has 5 heteroatoms. The van der Waals surface area contributed by atoms with Gasteiger partial charge in [-0.15, -0.1) is 0 Å². The van der Waals surface area contributed by atoms with E-state index in [2.05, 4.69) is 5.10 Å². The Morgan fingerprint density at radius 3 is 2.67 bits per heavy atom. The van der Waals surface area contributed by atoms with Gasteiger partial charge in [-0.3, -0.25) is 0 Å². The number of carbonyl (C=O) groups is 1. The first-order valence-electron chi connectivity index (χ1n) is 6.28. The molecular formula is C16H11FN2O2. The molecule has 0 saturated carbocycles. The molecule has 0 saturated heterocycles. The van der Waals surface area contributed by atoms with Crippen molar-refractivity contribution in [1.82, 2.24) is 9.78 Å². The number of nitrogens with zero attached hydrogens (tertiary/aromatic N) is 2. The topological polar surface area (TPSA) is 55.1 Å². The zero-order chi connectivity index (χ0) is 14.8. The lowest BCUT2D eigenvalue weighted by molar-refractivity contribution is 0.0696. The van der Waals surface area contributed by atoms with Crippen molar-refractivity contribution in [2.45, 2.75) is 0 Å². The van der Waals surface area contributed by atoms with Crippen LogP contribution in [0.5, 0.6) is 0 Å². The molecule has 0 aliphatic rings. The Kier molecular flexibility index (Phi) is 3.23. The van der Waals surface area contributed by atoms with E-state index in [1.54, 1.807) is 42.7 Å². The average Bonchev–Trinajstić information content (AvgIpc) is 2.97. The van der Waals surface area contributed by atoms with Crippen LogP contribution in [0, 0.1) is 5.82 Å². The molecule has 0 aliphatic heterocycles. The highest BCUT2D eigenvalue weighted by Crippen LogP contribution is 2.22. The average molecular weight is 282 g/mol. The van der Waals surface area contributed by atoms with Crippen molar-refractivity contribution in [1.29, 1.82) is 0 Å². The van der Waals surface area contributed by atoms with Gasteiger partial charge >= 0.3 is 5.97 Å². The second kappa shape index (κ2) is 5.20. The first-order valence-corrected chi connectivity index (χ1v) is 6.28. The maximum atomic E-state index is 13.2. The molecule has 0 atom stereocenters. The molecule has 0 bridgehead atoms. The van der Waals surface area contributed by atoms with E-state index >= 15 is 0 Å². The summed E-state index contributed by atoms with van der Waals surface area (Å²) in [5, 5.41) is 13.4. The SMILES string of the molecule is O=C(O)c1ccccc1-n1cc(-c2cccc(F)c2)cn1. The molecular weight excluding hydrogens is 271 g/mol. The van der Waals surface area contributed by atoms with Gasteiger partial charge in [-0.05, 0) is 29.8 Å². The number of para-hydroxylation sites is 1. The van der Waals surface area contributed by atoms with Crippen molar-refractivity contribution in [3.8, 4) is 16.8 Å². The number of hydrogen-bond donors (Lipinski definition) is 1. The third-order valence-electron chi connectivity index (χ3n) is 3.12. The van der Waals surface area contributed by atoms with Crippen LogP contribution in [0.15, 0.2) is 60.9 Å². The van der Waals surface area contributed by atoms with Crippen molar-refractivity contribution < 1.29 is 14.3 Å². The molecule has 1 aromatic heterocycles. The Hall–Kier alpha value is -2.95. The van der Waals surface area contributed by atoms with Crippen LogP contribution in [0.3, 0.4) is 0 Å². The van der Waals surface area contributed by atoms with E-state index in [4.69, 9.17) is 0 Å². The fraction of sp³-hybridized carbons (Fsp3) is 0. The quantitative estimate of drug-likeness (QED) is 0.801. The third kappa shape index (κ3) is 2.53. The zero-order valence-corrected chi connectivity index (χ0v) is 10.9. The van der Waals surface area contributed by atoms with Crippen LogP contribution < -0.4 is 0 Å². The molecule has 1 heterocycles. The molecule has 0 spiro atoms. The Morgan fingerprint density at radius 2 is 1.90 bits per heavy atom. The van der Waals surface area contributed by atoms with Crippen molar-refractivity contribution in [2.75, 3.05) is 0 Å². The summed E-state index contributed by atoms with van der Waals surface area (Å²) < 4.78 is 14.7. The number of aromatic carboxylic acids is 1. The van der Waals surface area contributed by atoms with E-state index in [-0.39, 0.29) is 11.4 Å². The van der Waals surface area contributed by atoms with E-state index in [0.29, 0.717) is 11.3 Å². The molecule has 104 valence electrons. The summed E-state index contributed by atoms with van der Waals surface area (Å²) in [6.07, 6.45) is 3.25. The molecule has 21 heavy (non-hydrogen) atoms. The van der Waals surface area contributed by atoms with Gasteiger partial charge in [0.1, 0.15) is 5.82 Å². The van der Waals surface area contributed by atoms with Crippen molar-refractivity contribution in [2.24, 2.45) is 0 Å². The number of hydrogen-bond acceptors (Lipinski definition) is 2. The third-order valence-corrected chi connectivity index (χ3v) is 3.12. The second-order valence-corrected chi connectivity index (χ2v) is 4.51. The van der Waals surface area contributed by atoms with Gasteiger partial charge in [0.05, 0.1) is 17.4 Å². The largest absolute Gasteiger partial charge is 0.478 e. The zero-order valence-electron chi connectivity index (χ0n) is 10.9. The lowest BCUT2D eigenvalue weighted by atomic mass is 10.1. The van der Waals surface area contributed by atoms with E-state index in [1.807, 2.05) is 0 Å². The summed E-state index contributed by atoms with van der Waals surface area (Å²) in [7, 11) is 0. The van der Waals surface area contributed by atoms with E-state index in [0.717, 1.165) is 5.56 Å². The second-order valence-electron chi connectivity index (χ2n) is 4.51. The van der Waals surface area contributed by atoms with E-state index in [1.165, 1.54) is 22.9 Å². The Bertz CT molecular complexity index is 811. The van der Waals surface area contributed by atoms with Gasteiger partial charge in [0.2, 0.25) is 0 Å². The monoisotopic (exact) mass is 282 g/mol. The van der Waals surface area contributed by atoms with Crippen LogP contribution in [0.25, 0.3) is 16.8 Å². The molecule has 3 aromatic rings. The first kappa shape index (κ1) is 13.1. The normalized spacial score (nSPS) is 10.5. The summed E-state index contributed by atoms with van der Waals surface area (Å²) in [6.45, 7) is 0. The van der Waals surface area contributed by atoms with Gasteiger partial charge in [0.25, 0.3) is 0 Å². The molecule has 0 radical (unpaired) electrons. The summed E-state index contributed by atoms with van der Waals surface area (Å²) >= 11 is 0. The van der Waals surface area contributed by atoms with Crippen LogP contribution in [0.2, 0.25) is 0 Å². The number of benzene rings is 2. The predicted molar refractivity (Wildman–Crippen MR) is 75.9 cm³/mol. The van der Waals surface area contributed by atoms with Gasteiger partial charge in [-0.25, -0.2) is 13.9 Å². The number of aromatic nitrogens is 2. The fourth-order valence-corrected chi connectivity index (χ4v) is 2.13. The highest BCUT2D eigenvalue weighted by Gasteiger charge is 2.12. The van der Waals surface area contributed by atoms with Gasteiger partial charge < -0.3 is 5.11 Å². The minimum absolute atomic E-state index is 0.159. The highest BCUT2D eigenvalue weighted by molar-refractivity contribution is 5.91. The minimum atomic E-state index is -1.02. The van der Waals surface area contributed by atoms with Crippen molar-refractivity contribution in [3.63, 3.8) is 0 Å². The van der Waals surface area contributed by atoms with Crippen LogP contribution in [0.4, 0.5) is 4.39 Å². The van der Waals surface area contributed by atoms with Crippen LogP contribution in [-0.4, -0.2) is 20.9 Å². The van der Waals surface area contributed by atoms with Gasteiger partial charge in [0.15, 0.2) is 0 Å². The van der Waals surface area contributed by atoms with E-state index in [9.17, 15) is 14.3 Å². The standard InChI is InChI=1S/C16H11FN2O2/c17-13-5-3-4-11(8-13)12-9-18-19(10-12)15-7-2-1-6-14(15)16(20)21/h1-10H,(H,20,21). The molecule has 0 aliphatic carbocycles. The molecule has 0 unspecified atom stereocenters. The first-order chi connectivity index (χ1) is 10.1. The van der Waals surface area contributed by atoms with E-state index < -0.39 is 5.97 Å². The predicted octanol–water partition coefficient (Wildman–Crippen LogP) is 3.38. The smallest absolute Gasteiger partial charge is 0.337 e. The summed E-state index contributed by atoms with van der Waals surface area (Å²) in [4.78, 5) is 11.2. The van der Waals surface area contributed by atoms with Crippen LogP contribution >= 0.6 is 0 Å². The maximum Gasteiger partial charge on any atom is 0.337 e. The number of halogens is 1. The fourth-order valence-electron chi connectivity index (χ4n) is 2.13. The maximum absolute atomic E-state index is 13.2. The van der Waals surface area contributed by atoms with Crippen LogP contribution in [0.1, 0.15) is 10.4 Å². The Balaban J connectivity index is 2.05. The molecule has 0 fully saturated rings. The highest BCUT2D eigenvalue weighted by atomic mass is 19.1. The number of carboxylic acids is 1. The van der Waals surface area contributed by atoms with Gasteiger partial charge in [-0.1, -0.05) is 24.3 Å². The molecule has 3 rings (SSSR count). The lowest BCUT2D eigenvalue weighted by Crippen LogP contribution is -2.05. The molecule has 2 aromatic carbocycles. The summed E-state index contributed by atoms with van der Waals surface area (Å²) in [5.74, 6) is -1.35. The number of rotatable bonds is 3. The van der Waals surface area contributed by atoms with Crippen molar-refractivity contribution >= 4 is 5.97 Å². The minimum Gasteiger partial charge on any atom is -0.478 e. The molecule has 4 nitrogen and oxygen atoms in total. The summed E-state index contributed by atoms with van der Waals surface area (Å²) in [6, 6.07) is 12.8. The van der Waals surface area contributed by atoms with Crippen LogP contribution in [-0.2, 0) is 0 Å².